The Morgan fingerprint density at radius 2 is 2.09 bits per heavy atom. The van der Waals surface area contributed by atoms with Gasteiger partial charge >= 0.3 is 0 Å². The summed E-state index contributed by atoms with van der Waals surface area (Å²) in [5.41, 5.74) is 0.610. The summed E-state index contributed by atoms with van der Waals surface area (Å²) in [5, 5.41) is 0.248. The number of nitrogens with zero attached hydrogens (tertiary/aromatic N) is 2. The maximum atomic E-state index is 13.2. The van der Waals surface area contributed by atoms with Gasteiger partial charge in [0.2, 0.25) is 0 Å². The van der Waals surface area contributed by atoms with Crippen LogP contribution < -0.4 is 4.90 Å². The third-order valence-electron chi connectivity index (χ3n) is 3.25. The number of benzene rings is 1. The molecule has 1 amide bonds. The van der Waals surface area contributed by atoms with Crippen LogP contribution in [0.3, 0.4) is 0 Å². The Morgan fingerprint density at radius 3 is 2.74 bits per heavy atom. The normalized spacial score (nSPS) is 10.5. The second kappa shape index (κ2) is 6.62. The standard InChI is InChI=1S/C17H12ClFN2O2/c18-14-10-13(19)7-6-12(14)11-21(16-5-1-2-8-20-16)17(22)15-4-3-9-23-15/h1-10H,11H2. The number of aromatic nitrogens is 1. The highest BCUT2D eigenvalue weighted by molar-refractivity contribution is 6.31. The Hall–Kier alpha value is -2.66. The SMILES string of the molecule is O=C(c1ccco1)N(Cc1ccc(F)cc1Cl)c1ccccn1. The minimum atomic E-state index is -0.430. The number of hydrogen-bond acceptors (Lipinski definition) is 3. The summed E-state index contributed by atoms with van der Waals surface area (Å²) in [4.78, 5) is 18.3. The second-order valence-electron chi connectivity index (χ2n) is 4.79. The van der Waals surface area contributed by atoms with Gasteiger partial charge in [-0.2, -0.15) is 0 Å². The molecule has 3 rings (SSSR count). The summed E-state index contributed by atoms with van der Waals surface area (Å²) in [6.45, 7) is 0.148. The van der Waals surface area contributed by atoms with Crippen molar-refractivity contribution in [3.63, 3.8) is 0 Å². The summed E-state index contributed by atoms with van der Waals surface area (Å²) in [5.74, 6) is -0.141. The third-order valence-corrected chi connectivity index (χ3v) is 3.60. The van der Waals surface area contributed by atoms with Crippen LogP contribution in [0.25, 0.3) is 0 Å². The Balaban J connectivity index is 1.97. The van der Waals surface area contributed by atoms with Crippen LogP contribution in [0.4, 0.5) is 10.2 Å². The fourth-order valence-electron chi connectivity index (χ4n) is 2.12. The van der Waals surface area contributed by atoms with Crippen molar-refractivity contribution in [2.24, 2.45) is 0 Å². The molecule has 4 nitrogen and oxygen atoms in total. The van der Waals surface area contributed by atoms with E-state index in [4.69, 9.17) is 16.0 Å². The number of rotatable bonds is 4. The predicted octanol–water partition coefficient (Wildman–Crippen LogP) is 4.31. The quantitative estimate of drug-likeness (QED) is 0.716. The lowest BCUT2D eigenvalue weighted by atomic mass is 10.2. The van der Waals surface area contributed by atoms with Crippen molar-refractivity contribution in [1.29, 1.82) is 0 Å². The van der Waals surface area contributed by atoms with Crippen LogP contribution in [0.2, 0.25) is 5.02 Å². The van der Waals surface area contributed by atoms with Crippen molar-refractivity contribution >= 4 is 23.3 Å². The molecule has 0 aliphatic heterocycles. The van der Waals surface area contributed by atoms with Gasteiger partial charge in [0.1, 0.15) is 11.6 Å². The first-order chi connectivity index (χ1) is 11.1. The first-order valence-corrected chi connectivity index (χ1v) is 7.23. The van der Waals surface area contributed by atoms with Crippen LogP contribution in [-0.4, -0.2) is 10.9 Å². The molecule has 0 atom stereocenters. The van der Waals surface area contributed by atoms with Crippen molar-refractivity contribution in [3.8, 4) is 0 Å². The van der Waals surface area contributed by atoms with E-state index in [9.17, 15) is 9.18 Å². The number of pyridine rings is 1. The van der Waals surface area contributed by atoms with E-state index in [-0.39, 0.29) is 23.2 Å². The number of furan rings is 1. The Kier molecular flexibility index (Phi) is 4.39. The first-order valence-electron chi connectivity index (χ1n) is 6.85. The smallest absolute Gasteiger partial charge is 0.295 e. The molecule has 3 aromatic rings. The van der Waals surface area contributed by atoms with Crippen molar-refractivity contribution < 1.29 is 13.6 Å². The number of halogens is 2. The lowest BCUT2D eigenvalue weighted by molar-refractivity contribution is 0.0957. The number of hydrogen-bond donors (Lipinski definition) is 0. The van der Waals surface area contributed by atoms with E-state index in [1.54, 1.807) is 42.6 Å². The molecule has 2 aromatic heterocycles. The van der Waals surface area contributed by atoms with Crippen LogP contribution >= 0.6 is 11.6 Å². The lowest BCUT2D eigenvalue weighted by Gasteiger charge is -2.21. The van der Waals surface area contributed by atoms with E-state index in [2.05, 4.69) is 4.98 Å². The first kappa shape index (κ1) is 15.2. The maximum absolute atomic E-state index is 13.2. The van der Waals surface area contributed by atoms with Crippen LogP contribution in [0, 0.1) is 5.82 Å². The van der Waals surface area contributed by atoms with Gasteiger partial charge in [0.25, 0.3) is 5.91 Å². The molecule has 2 heterocycles. The van der Waals surface area contributed by atoms with Gasteiger partial charge in [-0.05, 0) is 42.0 Å². The molecule has 0 radical (unpaired) electrons. The van der Waals surface area contributed by atoms with E-state index >= 15 is 0 Å². The third kappa shape index (κ3) is 3.40. The summed E-state index contributed by atoms with van der Waals surface area (Å²) >= 11 is 6.07. The Bertz CT molecular complexity index is 807. The number of amides is 1. The highest BCUT2D eigenvalue weighted by Gasteiger charge is 2.22. The molecule has 6 heteroatoms. The molecule has 1 aromatic carbocycles. The maximum Gasteiger partial charge on any atom is 0.295 e. The molecule has 0 unspecified atom stereocenters. The minimum absolute atomic E-state index is 0.148. The highest BCUT2D eigenvalue weighted by atomic mass is 35.5. The minimum Gasteiger partial charge on any atom is -0.459 e. The molecule has 0 aliphatic carbocycles. The van der Waals surface area contributed by atoms with Gasteiger partial charge in [0.05, 0.1) is 12.8 Å². The fourth-order valence-corrected chi connectivity index (χ4v) is 2.35. The average molecular weight is 331 g/mol. The molecule has 0 aliphatic rings. The highest BCUT2D eigenvalue weighted by Crippen LogP contribution is 2.23. The van der Waals surface area contributed by atoms with Crippen molar-refractivity contribution in [1.82, 2.24) is 4.98 Å². The van der Waals surface area contributed by atoms with Crippen LogP contribution in [0.1, 0.15) is 16.1 Å². The summed E-state index contributed by atoms with van der Waals surface area (Å²) in [7, 11) is 0. The summed E-state index contributed by atoms with van der Waals surface area (Å²) in [6.07, 6.45) is 3.01. The molecule has 116 valence electrons. The predicted molar refractivity (Wildman–Crippen MR) is 84.9 cm³/mol. The van der Waals surface area contributed by atoms with Crippen molar-refractivity contribution in [2.45, 2.75) is 6.54 Å². The average Bonchev–Trinajstić information content (AvgIpc) is 3.09. The molecule has 0 saturated heterocycles. The van der Waals surface area contributed by atoms with Gasteiger partial charge in [-0.25, -0.2) is 9.37 Å². The van der Waals surface area contributed by atoms with Crippen molar-refractivity contribution in [2.75, 3.05) is 4.90 Å². The van der Waals surface area contributed by atoms with Gasteiger partial charge in [0, 0.05) is 11.2 Å². The Labute approximate surface area is 137 Å². The van der Waals surface area contributed by atoms with E-state index in [0.29, 0.717) is 11.4 Å². The van der Waals surface area contributed by atoms with Gasteiger partial charge in [0.15, 0.2) is 5.76 Å². The van der Waals surface area contributed by atoms with E-state index < -0.39 is 5.82 Å². The van der Waals surface area contributed by atoms with Crippen LogP contribution in [-0.2, 0) is 6.54 Å². The zero-order valence-corrected chi connectivity index (χ0v) is 12.7. The second-order valence-corrected chi connectivity index (χ2v) is 5.20. The molecule has 23 heavy (non-hydrogen) atoms. The van der Waals surface area contributed by atoms with E-state index in [1.165, 1.54) is 23.3 Å². The molecule has 0 bridgehead atoms. The molecule has 0 fully saturated rings. The Morgan fingerprint density at radius 1 is 1.22 bits per heavy atom. The van der Waals surface area contributed by atoms with Gasteiger partial charge in [-0.1, -0.05) is 23.7 Å². The van der Waals surface area contributed by atoms with Crippen LogP contribution in [0.15, 0.2) is 65.4 Å². The summed E-state index contributed by atoms with van der Waals surface area (Å²) in [6, 6.07) is 12.5. The summed E-state index contributed by atoms with van der Waals surface area (Å²) < 4.78 is 18.4. The zero-order valence-electron chi connectivity index (χ0n) is 11.9. The largest absolute Gasteiger partial charge is 0.459 e. The number of carbonyl (C=O) groups excluding carboxylic acids is 1. The van der Waals surface area contributed by atoms with Crippen molar-refractivity contribution in [3.05, 3.63) is 83.2 Å². The van der Waals surface area contributed by atoms with Gasteiger partial charge < -0.3 is 4.42 Å². The molecule has 0 saturated carbocycles. The molecular formula is C17H12ClFN2O2. The van der Waals surface area contributed by atoms with E-state index in [0.717, 1.165) is 0 Å². The lowest BCUT2D eigenvalue weighted by Crippen LogP contribution is -2.31. The molecule has 0 N–H and O–H groups in total. The number of anilines is 1. The topological polar surface area (TPSA) is 46.3 Å². The van der Waals surface area contributed by atoms with E-state index in [1.807, 2.05) is 0 Å². The fraction of sp³-hybridized carbons (Fsp3) is 0.0588. The van der Waals surface area contributed by atoms with Gasteiger partial charge in [-0.3, -0.25) is 9.69 Å². The zero-order chi connectivity index (χ0) is 16.2. The van der Waals surface area contributed by atoms with Crippen LogP contribution in [0.5, 0.6) is 0 Å². The molecular weight excluding hydrogens is 319 g/mol. The number of carbonyl (C=O) groups is 1. The monoisotopic (exact) mass is 330 g/mol. The molecule has 0 spiro atoms. The van der Waals surface area contributed by atoms with Gasteiger partial charge in [-0.15, -0.1) is 0 Å².